The van der Waals surface area contributed by atoms with Crippen LogP contribution in [0.25, 0.3) is 10.8 Å². The molecule has 1 amide bonds. The molecule has 0 saturated carbocycles. The predicted octanol–water partition coefficient (Wildman–Crippen LogP) is 1.36. The quantitative estimate of drug-likeness (QED) is 0.560. The topological polar surface area (TPSA) is 80.0 Å². The van der Waals surface area contributed by atoms with E-state index >= 15 is 0 Å². The van der Waals surface area contributed by atoms with E-state index in [1.165, 1.54) is 6.92 Å². The molecule has 5 nitrogen and oxygen atoms in total. The number of nitrogens with two attached hydrogens (primary N) is 1. The van der Waals surface area contributed by atoms with Gasteiger partial charge in [-0.15, -0.1) is 0 Å². The van der Waals surface area contributed by atoms with Crippen LogP contribution in [0.2, 0.25) is 0 Å². The van der Waals surface area contributed by atoms with Gasteiger partial charge in [-0.05, 0) is 18.2 Å². The van der Waals surface area contributed by atoms with Gasteiger partial charge in [-0.3, -0.25) is 9.78 Å². The van der Waals surface area contributed by atoms with Crippen LogP contribution in [-0.4, -0.2) is 24.0 Å². The lowest BCUT2D eigenvalue weighted by Crippen LogP contribution is -2.26. The van der Waals surface area contributed by atoms with E-state index in [0.29, 0.717) is 18.8 Å². The van der Waals surface area contributed by atoms with Crippen molar-refractivity contribution < 1.29 is 4.79 Å². The summed E-state index contributed by atoms with van der Waals surface area (Å²) in [6.45, 7) is 2.76. The van der Waals surface area contributed by atoms with E-state index < -0.39 is 0 Å². The van der Waals surface area contributed by atoms with Gasteiger partial charge in [0.05, 0.1) is 0 Å². The van der Waals surface area contributed by atoms with E-state index in [1.807, 2.05) is 18.2 Å². The van der Waals surface area contributed by atoms with Gasteiger partial charge in [0.25, 0.3) is 0 Å². The van der Waals surface area contributed by atoms with Crippen molar-refractivity contribution >= 4 is 28.1 Å². The summed E-state index contributed by atoms with van der Waals surface area (Å²) in [6.07, 6.45) is 3.49. The third-order valence-electron chi connectivity index (χ3n) is 2.67. The summed E-state index contributed by atoms with van der Waals surface area (Å²) < 4.78 is 0. The summed E-state index contributed by atoms with van der Waals surface area (Å²) in [7, 11) is 0. The molecule has 94 valence electrons. The zero-order valence-corrected chi connectivity index (χ0v) is 10.2. The largest absolute Gasteiger partial charge is 0.398 e. The first-order valence-corrected chi connectivity index (χ1v) is 5.79. The molecule has 0 spiro atoms. The maximum Gasteiger partial charge on any atom is 0.216 e. The zero-order chi connectivity index (χ0) is 13.0. The average molecular weight is 244 g/mol. The van der Waals surface area contributed by atoms with Gasteiger partial charge in [0.1, 0.15) is 0 Å². The summed E-state index contributed by atoms with van der Waals surface area (Å²) in [5.41, 5.74) is 7.60. The normalized spacial score (nSPS) is 10.3. The molecule has 2 aromatic rings. The first-order chi connectivity index (χ1) is 8.68. The molecule has 0 aliphatic carbocycles. The minimum absolute atomic E-state index is 0.0248. The molecule has 0 atom stereocenters. The molecule has 1 aromatic carbocycles. The number of nitrogen functional groups attached to an aromatic ring is 1. The van der Waals surface area contributed by atoms with Crippen molar-refractivity contribution in [3.8, 4) is 0 Å². The number of fused-ring (bicyclic) bond motifs is 1. The number of carbonyl (C=O) groups is 1. The summed E-state index contributed by atoms with van der Waals surface area (Å²) in [4.78, 5) is 14.8. The summed E-state index contributed by atoms with van der Waals surface area (Å²) >= 11 is 0. The highest BCUT2D eigenvalue weighted by molar-refractivity contribution is 6.00. The molecule has 4 N–H and O–H groups in total. The Morgan fingerprint density at radius 2 is 2.11 bits per heavy atom. The van der Waals surface area contributed by atoms with E-state index in [9.17, 15) is 4.79 Å². The predicted molar refractivity (Wildman–Crippen MR) is 73.3 cm³/mol. The van der Waals surface area contributed by atoms with Gasteiger partial charge in [0, 0.05) is 54.6 Å². The van der Waals surface area contributed by atoms with Crippen molar-refractivity contribution in [3.63, 3.8) is 0 Å². The molecule has 0 saturated heterocycles. The standard InChI is InChI=1S/C13H16N4O/c1-9(18)16-6-7-17-13-3-2-12(14)11-8-15-5-4-10(11)13/h2-5,8,17H,6-7,14H2,1H3,(H,16,18). The van der Waals surface area contributed by atoms with Crippen LogP contribution in [0.1, 0.15) is 6.92 Å². The van der Waals surface area contributed by atoms with E-state index in [2.05, 4.69) is 15.6 Å². The van der Waals surface area contributed by atoms with Crippen molar-refractivity contribution in [1.29, 1.82) is 0 Å². The van der Waals surface area contributed by atoms with Crippen molar-refractivity contribution in [2.24, 2.45) is 0 Å². The SMILES string of the molecule is CC(=O)NCCNc1ccc(N)c2cnccc12. The number of benzene rings is 1. The molecule has 0 aliphatic rings. The Morgan fingerprint density at radius 1 is 1.28 bits per heavy atom. The lowest BCUT2D eigenvalue weighted by molar-refractivity contribution is -0.118. The van der Waals surface area contributed by atoms with E-state index in [4.69, 9.17) is 5.73 Å². The molecular formula is C13H16N4O. The second kappa shape index (κ2) is 5.35. The summed E-state index contributed by atoms with van der Waals surface area (Å²) in [5.74, 6) is -0.0248. The molecule has 0 aliphatic heterocycles. The second-order valence-corrected chi connectivity index (χ2v) is 4.03. The van der Waals surface area contributed by atoms with Crippen LogP contribution in [0.5, 0.6) is 0 Å². The van der Waals surface area contributed by atoms with Gasteiger partial charge in [0.15, 0.2) is 0 Å². The van der Waals surface area contributed by atoms with E-state index in [-0.39, 0.29) is 5.91 Å². The summed E-state index contributed by atoms with van der Waals surface area (Å²) in [6, 6.07) is 5.71. The minimum Gasteiger partial charge on any atom is -0.398 e. The smallest absolute Gasteiger partial charge is 0.216 e. The minimum atomic E-state index is -0.0248. The van der Waals surface area contributed by atoms with Crippen LogP contribution >= 0.6 is 0 Å². The lowest BCUT2D eigenvalue weighted by Gasteiger charge is -2.11. The maximum atomic E-state index is 10.7. The molecule has 2 rings (SSSR count). The molecule has 1 aromatic heterocycles. The van der Waals surface area contributed by atoms with Crippen LogP contribution < -0.4 is 16.4 Å². The Morgan fingerprint density at radius 3 is 2.89 bits per heavy atom. The van der Waals surface area contributed by atoms with Gasteiger partial charge in [-0.2, -0.15) is 0 Å². The molecular weight excluding hydrogens is 228 g/mol. The Balaban J connectivity index is 2.14. The number of carbonyl (C=O) groups excluding carboxylic acids is 1. The molecule has 0 radical (unpaired) electrons. The highest BCUT2D eigenvalue weighted by Crippen LogP contribution is 2.26. The van der Waals surface area contributed by atoms with Crippen molar-refractivity contribution in [3.05, 3.63) is 30.6 Å². The first kappa shape index (κ1) is 12.2. The Labute approximate surface area is 105 Å². The maximum absolute atomic E-state index is 10.7. The monoisotopic (exact) mass is 244 g/mol. The Bertz CT molecular complexity index is 568. The van der Waals surface area contributed by atoms with Crippen LogP contribution in [0, 0.1) is 0 Å². The first-order valence-electron chi connectivity index (χ1n) is 5.79. The van der Waals surface area contributed by atoms with Gasteiger partial charge < -0.3 is 16.4 Å². The molecule has 1 heterocycles. The molecule has 0 bridgehead atoms. The van der Waals surface area contributed by atoms with Crippen LogP contribution in [0.4, 0.5) is 11.4 Å². The number of hydrogen-bond acceptors (Lipinski definition) is 4. The number of nitrogens with one attached hydrogen (secondary N) is 2. The molecule has 0 fully saturated rings. The lowest BCUT2D eigenvalue weighted by atomic mass is 10.1. The third-order valence-corrected chi connectivity index (χ3v) is 2.67. The Hall–Kier alpha value is -2.30. The van der Waals surface area contributed by atoms with Crippen molar-refractivity contribution in [2.75, 3.05) is 24.1 Å². The highest BCUT2D eigenvalue weighted by Gasteiger charge is 2.03. The van der Waals surface area contributed by atoms with Gasteiger partial charge in [-0.25, -0.2) is 0 Å². The fraction of sp³-hybridized carbons (Fsp3) is 0.231. The molecule has 0 unspecified atom stereocenters. The van der Waals surface area contributed by atoms with Crippen molar-refractivity contribution in [1.82, 2.24) is 10.3 Å². The molecule has 18 heavy (non-hydrogen) atoms. The Kier molecular flexibility index (Phi) is 3.62. The zero-order valence-electron chi connectivity index (χ0n) is 10.2. The van der Waals surface area contributed by atoms with Crippen LogP contribution in [0.3, 0.4) is 0 Å². The highest BCUT2D eigenvalue weighted by atomic mass is 16.1. The number of hydrogen-bond donors (Lipinski definition) is 3. The van der Waals surface area contributed by atoms with E-state index in [0.717, 1.165) is 16.5 Å². The number of pyridine rings is 1. The number of amides is 1. The number of anilines is 2. The summed E-state index contributed by atoms with van der Waals surface area (Å²) in [5, 5.41) is 7.98. The fourth-order valence-electron chi connectivity index (χ4n) is 1.80. The third kappa shape index (κ3) is 2.68. The fourth-order valence-corrected chi connectivity index (χ4v) is 1.80. The van der Waals surface area contributed by atoms with E-state index in [1.54, 1.807) is 12.4 Å². The van der Waals surface area contributed by atoms with Gasteiger partial charge in [-0.1, -0.05) is 0 Å². The van der Waals surface area contributed by atoms with Crippen LogP contribution in [-0.2, 0) is 4.79 Å². The number of nitrogens with zero attached hydrogens (tertiary/aromatic N) is 1. The number of rotatable bonds is 4. The van der Waals surface area contributed by atoms with Gasteiger partial charge in [0.2, 0.25) is 5.91 Å². The van der Waals surface area contributed by atoms with Crippen molar-refractivity contribution in [2.45, 2.75) is 6.92 Å². The van der Waals surface area contributed by atoms with Gasteiger partial charge >= 0.3 is 0 Å². The van der Waals surface area contributed by atoms with Crippen LogP contribution in [0.15, 0.2) is 30.6 Å². The molecule has 5 heteroatoms. The second-order valence-electron chi connectivity index (χ2n) is 4.03. The number of aromatic nitrogens is 1. The average Bonchev–Trinajstić information content (AvgIpc) is 2.37.